The SMILES string of the molecule is CCCN(C)c1cc(CNC2CC2)ccn1. The number of nitrogens with one attached hydrogen (secondary N) is 1. The smallest absolute Gasteiger partial charge is 0.128 e. The molecule has 0 aromatic carbocycles. The Hall–Kier alpha value is -1.09. The molecule has 0 amide bonds. The van der Waals surface area contributed by atoms with Gasteiger partial charge < -0.3 is 10.2 Å². The maximum Gasteiger partial charge on any atom is 0.128 e. The van der Waals surface area contributed by atoms with Gasteiger partial charge in [0.05, 0.1) is 0 Å². The van der Waals surface area contributed by atoms with E-state index in [1.165, 1.54) is 18.4 Å². The molecule has 1 aromatic rings. The van der Waals surface area contributed by atoms with E-state index < -0.39 is 0 Å². The lowest BCUT2D eigenvalue weighted by Crippen LogP contribution is -2.20. The summed E-state index contributed by atoms with van der Waals surface area (Å²) >= 11 is 0. The Morgan fingerprint density at radius 2 is 2.31 bits per heavy atom. The van der Waals surface area contributed by atoms with Crippen LogP contribution in [-0.4, -0.2) is 24.6 Å². The van der Waals surface area contributed by atoms with Gasteiger partial charge in [0.2, 0.25) is 0 Å². The van der Waals surface area contributed by atoms with Gasteiger partial charge in [-0.1, -0.05) is 6.92 Å². The number of nitrogens with zero attached hydrogens (tertiary/aromatic N) is 2. The number of rotatable bonds is 6. The molecular formula is C13H21N3. The quantitative estimate of drug-likeness (QED) is 0.795. The molecule has 1 aromatic heterocycles. The molecule has 1 heterocycles. The summed E-state index contributed by atoms with van der Waals surface area (Å²) in [5, 5.41) is 3.52. The van der Waals surface area contributed by atoms with Crippen LogP contribution in [0.3, 0.4) is 0 Å². The Balaban J connectivity index is 1.94. The predicted molar refractivity (Wildman–Crippen MR) is 67.7 cm³/mol. The highest BCUT2D eigenvalue weighted by atomic mass is 15.2. The summed E-state index contributed by atoms with van der Waals surface area (Å²) in [6, 6.07) is 5.05. The summed E-state index contributed by atoms with van der Waals surface area (Å²) in [6.07, 6.45) is 5.75. The minimum absolute atomic E-state index is 0.769. The summed E-state index contributed by atoms with van der Waals surface area (Å²) in [5.41, 5.74) is 1.33. The molecular weight excluding hydrogens is 198 g/mol. The largest absolute Gasteiger partial charge is 0.360 e. The lowest BCUT2D eigenvalue weighted by atomic mass is 10.2. The fourth-order valence-electron chi connectivity index (χ4n) is 1.78. The van der Waals surface area contributed by atoms with Gasteiger partial charge in [-0.05, 0) is 37.0 Å². The van der Waals surface area contributed by atoms with Crippen LogP contribution < -0.4 is 10.2 Å². The molecule has 1 N–H and O–H groups in total. The van der Waals surface area contributed by atoms with Gasteiger partial charge in [-0.25, -0.2) is 4.98 Å². The summed E-state index contributed by atoms with van der Waals surface area (Å²) in [7, 11) is 2.10. The van der Waals surface area contributed by atoms with Gasteiger partial charge in [0.15, 0.2) is 0 Å². The Morgan fingerprint density at radius 3 is 3.00 bits per heavy atom. The fraction of sp³-hybridized carbons (Fsp3) is 0.615. The zero-order valence-electron chi connectivity index (χ0n) is 10.2. The second-order valence-electron chi connectivity index (χ2n) is 4.60. The van der Waals surface area contributed by atoms with Crippen LogP contribution in [0.5, 0.6) is 0 Å². The molecule has 1 aliphatic carbocycles. The van der Waals surface area contributed by atoms with E-state index in [2.05, 4.69) is 41.3 Å². The molecule has 2 rings (SSSR count). The van der Waals surface area contributed by atoms with Gasteiger partial charge in [0.1, 0.15) is 5.82 Å². The zero-order valence-corrected chi connectivity index (χ0v) is 10.2. The number of anilines is 1. The fourth-order valence-corrected chi connectivity index (χ4v) is 1.78. The van der Waals surface area contributed by atoms with E-state index in [1.807, 2.05) is 6.20 Å². The Kier molecular flexibility index (Phi) is 3.78. The summed E-state index contributed by atoms with van der Waals surface area (Å²) in [6.45, 7) is 4.22. The van der Waals surface area contributed by atoms with Gasteiger partial charge in [0.25, 0.3) is 0 Å². The van der Waals surface area contributed by atoms with Crippen LogP contribution in [0, 0.1) is 0 Å². The maximum absolute atomic E-state index is 4.40. The molecule has 0 spiro atoms. The first-order chi connectivity index (χ1) is 7.79. The molecule has 3 nitrogen and oxygen atoms in total. The van der Waals surface area contributed by atoms with Gasteiger partial charge in [-0.15, -0.1) is 0 Å². The summed E-state index contributed by atoms with van der Waals surface area (Å²) in [4.78, 5) is 6.61. The van der Waals surface area contributed by atoms with Crippen molar-refractivity contribution in [2.24, 2.45) is 0 Å². The standard InChI is InChI=1S/C13H21N3/c1-3-8-16(2)13-9-11(6-7-14-13)10-15-12-4-5-12/h6-7,9,12,15H,3-5,8,10H2,1-2H3. The van der Waals surface area contributed by atoms with Crippen molar-refractivity contribution in [1.29, 1.82) is 0 Å². The van der Waals surface area contributed by atoms with Crippen molar-refractivity contribution in [3.05, 3.63) is 23.9 Å². The predicted octanol–water partition coefficient (Wildman–Crippen LogP) is 2.18. The van der Waals surface area contributed by atoms with Crippen molar-refractivity contribution in [1.82, 2.24) is 10.3 Å². The number of pyridine rings is 1. The van der Waals surface area contributed by atoms with Gasteiger partial charge >= 0.3 is 0 Å². The van der Waals surface area contributed by atoms with Crippen LogP contribution in [0.2, 0.25) is 0 Å². The second kappa shape index (κ2) is 5.30. The third-order valence-electron chi connectivity index (χ3n) is 2.93. The van der Waals surface area contributed by atoms with E-state index in [1.54, 1.807) is 0 Å². The van der Waals surface area contributed by atoms with Gasteiger partial charge in [-0.3, -0.25) is 0 Å². The van der Waals surface area contributed by atoms with Crippen molar-refractivity contribution in [3.63, 3.8) is 0 Å². The monoisotopic (exact) mass is 219 g/mol. The zero-order chi connectivity index (χ0) is 11.4. The van der Waals surface area contributed by atoms with E-state index in [-0.39, 0.29) is 0 Å². The first kappa shape index (κ1) is 11.4. The number of aromatic nitrogens is 1. The van der Waals surface area contributed by atoms with Crippen molar-refractivity contribution in [3.8, 4) is 0 Å². The molecule has 88 valence electrons. The average Bonchev–Trinajstić information content (AvgIpc) is 3.11. The Labute approximate surface area is 97.9 Å². The van der Waals surface area contributed by atoms with Crippen LogP contribution >= 0.6 is 0 Å². The minimum Gasteiger partial charge on any atom is -0.360 e. The van der Waals surface area contributed by atoms with E-state index in [0.29, 0.717) is 0 Å². The molecule has 1 fully saturated rings. The third kappa shape index (κ3) is 3.20. The molecule has 0 bridgehead atoms. The van der Waals surface area contributed by atoms with E-state index in [4.69, 9.17) is 0 Å². The summed E-state index contributed by atoms with van der Waals surface area (Å²) < 4.78 is 0. The lowest BCUT2D eigenvalue weighted by molar-refractivity contribution is 0.686. The molecule has 0 radical (unpaired) electrons. The van der Waals surface area contributed by atoms with Gasteiger partial charge in [-0.2, -0.15) is 0 Å². The highest BCUT2D eigenvalue weighted by Gasteiger charge is 2.19. The number of hydrogen-bond donors (Lipinski definition) is 1. The molecule has 0 atom stereocenters. The molecule has 1 aliphatic rings. The Bertz CT molecular complexity index is 334. The van der Waals surface area contributed by atoms with E-state index in [0.717, 1.165) is 31.4 Å². The highest BCUT2D eigenvalue weighted by Crippen LogP contribution is 2.19. The second-order valence-corrected chi connectivity index (χ2v) is 4.60. The molecule has 0 saturated heterocycles. The van der Waals surface area contributed by atoms with Crippen LogP contribution in [0.15, 0.2) is 18.3 Å². The van der Waals surface area contributed by atoms with Crippen molar-refractivity contribution in [2.75, 3.05) is 18.5 Å². The Morgan fingerprint density at radius 1 is 1.50 bits per heavy atom. The maximum atomic E-state index is 4.40. The van der Waals surface area contributed by atoms with Gasteiger partial charge in [0, 0.05) is 32.4 Å². The van der Waals surface area contributed by atoms with Crippen LogP contribution in [0.1, 0.15) is 31.7 Å². The first-order valence-electron chi connectivity index (χ1n) is 6.19. The van der Waals surface area contributed by atoms with Crippen LogP contribution in [0.25, 0.3) is 0 Å². The van der Waals surface area contributed by atoms with Crippen LogP contribution in [0.4, 0.5) is 5.82 Å². The van der Waals surface area contributed by atoms with E-state index in [9.17, 15) is 0 Å². The first-order valence-corrected chi connectivity index (χ1v) is 6.19. The molecule has 0 unspecified atom stereocenters. The molecule has 16 heavy (non-hydrogen) atoms. The van der Waals surface area contributed by atoms with Crippen molar-refractivity contribution >= 4 is 5.82 Å². The summed E-state index contributed by atoms with van der Waals surface area (Å²) in [5.74, 6) is 1.08. The van der Waals surface area contributed by atoms with Crippen molar-refractivity contribution in [2.45, 2.75) is 38.8 Å². The molecule has 3 heteroatoms. The van der Waals surface area contributed by atoms with Crippen LogP contribution in [-0.2, 0) is 6.54 Å². The average molecular weight is 219 g/mol. The molecule has 0 aliphatic heterocycles. The minimum atomic E-state index is 0.769. The lowest BCUT2D eigenvalue weighted by Gasteiger charge is -2.17. The topological polar surface area (TPSA) is 28.2 Å². The highest BCUT2D eigenvalue weighted by molar-refractivity contribution is 5.39. The van der Waals surface area contributed by atoms with Crippen molar-refractivity contribution < 1.29 is 0 Å². The normalized spacial score (nSPS) is 15.1. The molecule has 1 saturated carbocycles. The third-order valence-corrected chi connectivity index (χ3v) is 2.93. The number of hydrogen-bond acceptors (Lipinski definition) is 3. The van der Waals surface area contributed by atoms with E-state index >= 15 is 0 Å².